The molecule has 4 heteroatoms. The lowest BCUT2D eigenvalue weighted by Crippen LogP contribution is -2.44. The van der Waals surface area contributed by atoms with Gasteiger partial charge >= 0.3 is 0 Å². The monoisotopic (exact) mass is 278 g/mol. The molecule has 1 aromatic rings. The van der Waals surface area contributed by atoms with Crippen LogP contribution in [0.1, 0.15) is 51.3 Å². The van der Waals surface area contributed by atoms with Crippen molar-refractivity contribution in [2.24, 2.45) is 5.41 Å². The third-order valence-corrected chi connectivity index (χ3v) is 5.60. The van der Waals surface area contributed by atoms with E-state index in [2.05, 4.69) is 34.0 Å². The van der Waals surface area contributed by atoms with Crippen molar-refractivity contribution in [1.29, 1.82) is 0 Å². The smallest absolute Gasteiger partial charge is 0.241 e. The van der Waals surface area contributed by atoms with Gasteiger partial charge in [-0.25, -0.2) is 0 Å². The summed E-state index contributed by atoms with van der Waals surface area (Å²) < 4.78 is 0. The van der Waals surface area contributed by atoms with Gasteiger partial charge < -0.3 is 4.90 Å². The SMILES string of the molecule is CCC1(CN2C(=O)C(C)NC2c2ccsc2)CCC1. The summed E-state index contributed by atoms with van der Waals surface area (Å²) in [7, 11) is 0. The molecule has 0 radical (unpaired) electrons. The summed E-state index contributed by atoms with van der Waals surface area (Å²) in [4.78, 5) is 14.5. The molecule has 1 saturated heterocycles. The van der Waals surface area contributed by atoms with Gasteiger partial charge in [-0.2, -0.15) is 11.3 Å². The third-order valence-electron chi connectivity index (χ3n) is 4.90. The fourth-order valence-electron chi connectivity index (χ4n) is 3.31. The molecule has 2 atom stereocenters. The van der Waals surface area contributed by atoms with Crippen molar-refractivity contribution in [1.82, 2.24) is 10.2 Å². The van der Waals surface area contributed by atoms with Crippen LogP contribution in [-0.2, 0) is 4.79 Å². The Labute approximate surface area is 119 Å². The molecule has 1 aliphatic carbocycles. The van der Waals surface area contributed by atoms with Crippen LogP contribution in [0.5, 0.6) is 0 Å². The van der Waals surface area contributed by atoms with Crippen molar-refractivity contribution in [3.63, 3.8) is 0 Å². The zero-order valence-electron chi connectivity index (χ0n) is 11.7. The Morgan fingerprint density at radius 3 is 2.84 bits per heavy atom. The van der Waals surface area contributed by atoms with E-state index < -0.39 is 0 Å². The molecule has 1 N–H and O–H groups in total. The lowest BCUT2D eigenvalue weighted by molar-refractivity contribution is -0.132. The molecule has 2 heterocycles. The molecule has 0 spiro atoms. The van der Waals surface area contributed by atoms with E-state index in [1.807, 2.05) is 6.92 Å². The van der Waals surface area contributed by atoms with Gasteiger partial charge in [0.1, 0.15) is 6.17 Å². The first kappa shape index (κ1) is 13.1. The van der Waals surface area contributed by atoms with Gasteiger partial charge in [0.05, 0.1) is 6.04 Å². The summed E-state index contributed by atoms with van der Waals surface area (Å²) >= 11 is 1.70. The van der Waals surface area contributed by atoms with Crippen molar-refractivity contribution in [2.45, 2.75) is 51.7 Å². The van der Waals surface area contributed by atoms with E-state index in [9.17, 15) is 4.79 Å². The number of nitrogens with zero attached hydrogens (tertiary/aromatic N) is 1. The fourth-order valence-corrected chi connectivity index (χ4v) is 3.99. The first-order valence-corrected chi connectivity index (χ1v) is 8.18. The number of carbonyl (C=O) groups excluding carboxylic acids is 1. The lowest BCUT2D eigenvalue weighted by atomic mass is 9.66. The minimum absolute atomic E-state index is 0.0566. The summed E-state index contributed by atoms with van der Waals surface area (Å²) in [6.07, 6.45) is 5.14. The first-order chi connectivity index (χ1) is 9.15. The second-order valence-electron chi connectivity index (χ2n) is 6.02. The minimum atomic E-state index is -0.0566. The second kappa shape index (κ2) is 4.91. The Kier molecular flexibility index (Phi) is 3.39. The maximum Gasteiger partial charge on any atom is 0.241 e. The highest BCUT2D eigenvalue weighted by molar-refractivity contribution is 7.07. The molecule has 1 aromatic heterocycles. The molecule has 0 aromatic carbocycles. The van der Waals surface area contributed by atoms with Crippen molar-refractivity contribution in [3.05, 3.63) is 22.4 Å². The van der Waals surface area contributed by atoms with Crippen LogP contribution in [0.2, 0.25) is 0 Å². The summed E-state index contributed by atoms with van der Waals surface area (Å²) in [6, 6.07) is 2.07. The van der Waals surface area contributed by atoms with Crippen LogP contribution in [0, 0.1) is 5.41 Å². The van der Waals surface area contributed by atoms with Gasteiger partial charge in [-0.05, 0) is 54.0 Å². The summed E-state index contributed by atoms with van der Waals surface area (Å²) in [5, 5.41) is 7.67. The number of thiophene rings is 1. The fraction of sp³-hybridized carbons (Fsp3) is 0.667. The molecule has 19 heavy (non-hydrogen) atoms. The molecular weight excluding hydrogens is 256 g/mol. The highest BCUT2D eigenvalue weighted by Gasteiger charge is 2.44. The first-order valence-electron chi connectivity index (χ1n) is 7.24. The highest BCUT2D eigenvalue weighted by atomic mass is 32.1. The van der Waals surface area contributed by atoms with E-state index in [-0.39, 0.29) is 18.1 Å². The Bertz CT molecular complexity index is 447. The quantitative estimate of drug-likeness (QED) is 0.917. The van der Waals surface area contributed by atoms with E-state index in [1.54, 1.807) is 11.3 Å². The van der Waals surface area contributed by atoms with E-state index >= 15 is 0 Å². The minimum Gasteiger partial charge on any atom is -0.321 e. The standard InChI is InChI=1S/C15H22N2OS/c1-3-15(6-4-7-15)10-17-13(12-5-8-19-9-12)16-11(2)14(17)18/h5,8-9,11,13,16H,3-4,6-7,10H2,1-2H3. The van der Waals surface area contributed by atoms with Crippen molar-refractivity contribution >= 4 is 17.2 Å². The molecule has 1 saturated carbocycles. The summed E-state index contributed by atoms with van der Waals surface area (Å²) in [5.41, 5.74) is 1.61. The Morgan fingerprint density at radius 2 is 2.32 bits per heavy atom. The molecule has 2 unspecified atom stereocenters. The van der Waals surface area contributed by atoms with Gasteiger partial charge in [-0.1, -0.05) is 13.3 Å². The molecule has 0 bridgehead atoms. The van der Waals surface area contributed by atoms with E-state index in [0.29, 0.717) is 5.41 Å². The average Bonchev–Trinajstić information content (AvgIpc) is 2.96. The van der Waals surface area contributed by atoms with E-state index in [0.717, 1.165) is 6.54 Å². The van der Waals surface area contributed by atoms with Gasteiger partial charge in [0.2, 0.25) is 5.91 Å². The number of amides is 1. The van der Waals surface area contributed by atoms with Crippen molar-refractivity contribution in [2.75, 3.05) is 6.54 Å². The number of nitrogens with one attached hydrogen (secondary N) is 1. The second-order valence-corrected chi connectivity index (χ2v) is 6.80. The van der Waals surface area contributed by atoms with E-state index in [4.69, 9.17) is 0 Å². The molecule has 1 aliphatic heterocycles. The van der Waals surface area contributed by atoms with Gasteiger partial charge in [0.25, 0.3) is 0 Å². The summed E-state index contributed by atoms with van der Waals surface area (Å²) in [5.74, 6) is 0.260. The van der Waals surface area contributed by atoms with Crippen LogP contribution in [0.15, 0.2) is 16.8 Å². The van der Waals surface area contributed by atoms with Crippen LogP contribution in [0.4, 0.5) is 0 Å². The highest BCUT2D eigenvalue weighted by Crippen LogP contribution is 2.46. The third kappa shape index (κ3) is 2.21. The average molecular weight is 278 g/mol. The number of hydrogen-bond acceptors (Lipinski definition) is 3. The Balaban J connectivity index is 1.81. The topological polar surface area (TPSA) is 32.3 Å². The van der Waals surface area contributed by atoms with Crippen LogP contribution >= 0.6 is 11.3 Å². The molecule has 2 aliphatic rings. The predicted molar refractivity (Wildman–Crippen MR) is 77.9 cm³/mol. The molecule has 3 nitrogen and oxygen atoms in total. The van der Waals surface area contributed by atoms with Crippen LogP contribution in [0.25, 0.3) is 0 Å². The molecule has 1 amide bonds. The van der Waals surface area contributed by atoms with Crippen LogP contribution in [0.3, 0.4) is 0 Å². The largest absolute Gasteiger partial charge is 0.321 e. The van der Waals surface area contributed by atoms with Crippen molar-refractivity contribution < 1.29 is 4.79 Å². The lowest BCUT2D eigenvalue weighted by Gasteiger charge is -2.45. The number of rotatable bonds is 4. The van der Waals surface area contributed by atoms with Crippen LogP contribution < -0.4 is 5.32 Å². The maximum atomic E-state index is 12.4. The normalized spacial score (nSPS) is 29.6. The Morgan fingerprint density at radius 1 is 1.53 bits per heavy atom. The van der Waals surface area contributed by atoms with Gasteiger partial charge in [0, 0.05) is 6.54 Å². The van der Waals surface area contributed by atoms with Crippen molar-refractivity contribution in [3.8, 4) is 0 Å². The molecular formula is C15H22N2OS. The molecule has 104 valence electrons. The molecule has 2 fully saturated rings. The van der Waals surface area contributed by atoms with Gasteiger partial charge in [0.15, 0.2) is 0 Å². The van der Waals surface area contributed by atoms with E-state index in [1.165, 1.54) is 31.2 Å². The summed E-state index contributed by atoms with van der Waals surface area (Å²) in [6.45, 7) is 5.15. The predicted octanol–water partition coefficient (Wildman–Crippen LogP) is 3.15. The molecule has 3 rings (SSSR count). The number of carbonyl (C=O) groups is 1. The maximum absolute atomic E-state index is 12.4. The number of hydrogen-bond donors (Lipinski definition) is 1. The van der Waals surface area contributed by atoms with Gasteiger partial charge in [-0.3, -0.25) is 10.1 Å². The van der Waals surface area contributed by atoms with Gasteiger partial charge in [-0.15, -0.1) is 0 Å². The zero-order chi connectivity index (χ0) is 13.5. The zero-order valence-corrected chi connectivity index (χ0v) is 12.5. The Hall–Kier alpha value is -0.870. The van der Waals surface area contributed by atoms with Crippen LogP contribution in [-0.4, -0.2) is 23.4 Å².